The van der Waals surface area contributed by atoms with Gasteiger partial charge in [-0.1, -0.05) is 12.1 Å². The monoisotopic (exact) mass is 302 g/mol. The lowest BCUT2D eigenvalue weighted by Gasteiger charge is -2.11. The standard InChI is InChI=1S/C15H14N2O3S/c18-15(11-4-3-9-16-10-11)17-13-5-1-2-6-14(13)21(19,20)12-7-8-12/h1-6,9-10,12H,7-8H2,(H,17,18). The Morgan fingerprint density at radius 2 is 1.90 bits per heavy atom. The fourth-order valence-electron chi connectivity index (χ4n) is 2.07. The molecule has 0 radical (unpaired) electrons. The van der Waals surface area contributed by atoms with E-state index in [2.05, 4.69) is 10.3 Å². The SMILES string of the molecule is O=C(Nc1ccccc1S(=O)(=O)C1CC1)c1cccnc1. The van der Waals surface area contributed by atoms with Gasteiger partial charge < -0.3 is 5.32 Å². The molecule has 108 valence electrons. The third-order valence-electron chi connectivity index (χ3n) is 3.33. The van der Waals surface area contributed by atoms with Crippen LogP contribution in [0.25, 0.3) is 0 Å². The zero-order chi connectivity index (χ0) is 14.9. The van der Waals surface area contributed by atoms with Crippen LogP contribution in [0, 0.1) is 0 Å². The van der Waals surface area contributed by atoms with Crippen molar-refractivity contribution >= 4 is 21.4 Å². The van der Waals surface area contributed by atoms with Gasteiger partial charge >= 0.3 is 0 Å². The first-order valence-corrected chi connectivity index (χ1v) is 8.18. The number of hydrogen-bond acceptors (Lipinski definition) is 4. The molecule has 3 rings (SSSR count). The first-order chi connectivity index (χ1) is 10.1. The summed E-state index contributed by atoms with van der Waals surface area (Å²) in [7, 11) is -3.35. The molecule has 1 fully saturated rings. The fraction of sp³-hybridized carbons (Fsp3) is 0.200. The molecular formula is C15H14N2O3S. The van der Waals surface area contributed by atoms with Gasteiger partial charge in [0.1, 0.15) is 0 Å². The van der Waals surface area contributed by atoms with Crippen molar-refractivity contribution in [1.82, 2.24) is 4.98 Å². The summed E-state index contributed by atoms with van der Waals surface area (Å²) in [5.74, 6) is -0.374. The molecule has 0 saturated heterocycles. The molecule has 1 amide bonds. The predicted molar refractivity (Wildman–Crippen MR) is 78.8 cm³/mol. The van der Waals surface area contributed by atoms with E-state index in [-0.39, 0.29) is 16.1 Å². The molecule has 1 N–H and O–H groups in total. The van der Waals surface area contributed by atoms with Crippen molar-refractivity contribution < 1.29 is 13.2 Å². The van der Waals surface area contributed by atoms with Crippen LogP contribution in [-0.2, 0) is 9.84 Å². The molecule has 0 atom stereocenters. The Hall–Kier alpha value is -2.21. The van der Waals surface area contributed by atoms with Crippen molar-refractivity contribution in [3.8, 4) is 0 Å². The maximum atomic E-state index is 12.4. The molecule has 1 saturated carbocycles. The second-order valence-electron chi connectivity index (χ2n) is 4.94. The quantitative estimate of drug-likeness (QED) is 0.940. The largest absolute Gasteiger partial charge is 0.321 e. The Bertz CT molecular complexity index is 769. The number of hydrogen-bond donors (Lipinski definition) is 1. The van der Waals surface area contributed by atoms with Gasteiger partial charge in [-0.2, -0.15) is 0 Å². The van der Waals surface area contributed by atoms with Crippen LogP contribution in [0.1, 0.15) is 23.2 Å². The van der Waals surface area contributed by atoms with Crippen LogP contribution in [0.4, 0.5) is 5.69 Å². The minimum absolute atomic E-state index is 0.185. The number of anilines is 1. The molecule has 1 aliphatic rings. The van der Waals surface area contributed by atoms with Gasteiger partial charge in [0.25, 0.3) is 5.91 Å². The molecule has 0 unspecified atom stereocenters. The van der Waals surface area contributed by atoms with Gasteiger partial charge in [0.05, 0.1) is 21.4 Å². The number of amides is 1. The summed E-state index contributed by atoms with van der Waals surface area (Å²) in [6.07, 6.45) is 4.38. The lowest BCUT2D eigenvalue weighted by molar-refractivity contribution is 0.102. The van der Waals surface area contributed by atoms with E-state index in [0.29, 0.717) is 24.1 Å². The summed E-state index contributed by atoms with van der Waals surface area (Å²) in [5, 5.41) is 2.35. The van der Waals surface area contributed by atoms with Crippen LogP contribution >= 0.6 is 0 Å². The third-order valence-corrected chi connectivity index (χ3v) is 5.65. The van der Waals surface area contributed by atoms with E-state index in [1.54, 1.807) is 36.5 Å². The number of benzene rings is 1. The number of pyridine rings is 1. The molecule has 0 aliphatic heterocycles. The summed E-state index contributed by atoms with van der Waals surface area (Å²) >= 11 is 0. The fourth-order valence-corrected chi connectivity index (χ4v) is 3.88. The number of sulfone groups is 1. The normalized spacial score (nSPS) is 14.7. The molecule has 1 aromatic carbocycles. The smallest absolute Gasteiger partial charge is 0.257 e. The van der Waals surface area contributed by atoms with Crippen molar-refractivity contribution in [3.63, 3.8) is 0 Å². The molecule has 1 aromatic heterocycles. The maximum absolute atomic E-state index is 12.4. The van der Waals surface area contributed by atoms with E-state index in [0.717, 1.165) is 0 Å². The first kappa shape index (κ1) is 13.8. The summed E-state index contributed by atoms with van der Waals surface area (Å²) in [6.45, 7) is 0. The molecule has 6 heteroatoms. The van der Waals surface area contributed by atoms with Crippen LogP contribution in [0.3, 0.4) is 0 Å². The van der Waals surface area contributed by atoms with Gasteiger partial charge in [0.15, 0.2) is 9.84 Å². The minimum atomic E-state index is -3.35. The van der Waals surface area contributed by atoms with Gasteiger partial charge in [0.2, 0.25) is 0 Å². The number of carbonyl (C=O) groups excluding carboxylic acids is 1. The highest BCUT2D eigenvalue weighted by Gasteiger charge is 2.38. The van der Waals surface area contributed by atoms with E-state index in [9.17, 15) is 13.2 Å². The lowest BCUT2D eigenvalue weighted by Crippen LogP contribution is -2.16. The third kappa shape index (κ3) is 2.80. The number of aromatic nitrogens is 1. The Labute approximate surface area is 122 Å². The minimum Gasteiger partial charge on any atom is -0.321 e. The molecule has 21 heavy (non-hydrogen) atoms. The number of para-hydroxylation sites is 1. The second kappa shape index (κ2) is 5.29. The second-order valence-corrected chi connectivity index (χ2v) is 7.13. The van der Waals surface area contributed by atoms with Gasteiger partial charge in [-0.3, -0.25) is 9.78 Å². The summed E-state index contributed by atoms with van der Waals surface area (Å²) in [5.41, 5.74) is 0.703. The lowest BCUT2D eigenvalue weighted by atomic mass is 10.2. The predicted octanol–water partition coefficient (Wildman–Crippen LogP) is 2.27. The zero-order valence-electron chi connectivity index (χ0n) is 11.2. The molecule has 2 aromatic rings. The first-order valence-electron chi connectivity index (χ1n) is 6.63. The van der Waals surface area contributed by atoms with Gasteiger partial charge in [-0.25, -0.2) is 8.42 Å². The average molecular weight is 302 g/mol. The van der Waals surface area contributed by atoms with E-state index in [1.807, 2.05) is 0 Å². The van der Waals surface area contributed by atoms with Crippen LogP contribution in [-0.4, -0.2) is 24.6 Å². The van der Waals surface area contributed by atoms with Crippen LogP contribution in [0.2, 0.25) is 0 Å². The Kier molecular flexibility index (Phi) is 3.47. The average Bonchev–Trinajstić information content (AvgIpc) is 3.33. The zero-order valence-corrected chi connectivity index (χ0v) is 12.0. The Morgan fingerprint density at radius 1 is 1.14 bits per heavy atom. The Balaban J connectivity index is 1.92. The summed E-state index contributed by atoms with van der Waals surface area (Å²) in [4.78, 5) is 16.2. The number of nitrogens with zero attached hydrogens (tertiary/aromatic N) is 1. The Morgan fingerprint density at radius 3 is 2.57 bits per heavy atom. The van der Waals surface area contributed by atoms with Gasteiger partial charge in [-0.05, 0) is 37.1 Å². The topological polar surface area (TPSA) is 76.1 Å². The van der Waals surface area contributed by atoms with E-state index >= 15 is 0 Å². The molecular weight excluding hydrogens is 288 g/mol. The van der Waals surface area contributed by atoms with Crippen molar-refractivity contribution in [1.29, 1.82) is 0 Å². The van der Waals surface area contributed by atoms with Crippen molar-refractivity contribution in [3.05, 3.63) is 54.4 Å². The highest BCUT2D eigenvalue weighted by atomic mass is 32.2. The highest BCUT2D eigenvalue weighted by molar-refractivity contribution is 7.92. The highest BCUT2D eigenvalue weighted by Crippen LogP contribution is 2.36. The van der Waals surface area contributed by atoms with Gasteiger partial charge in [-0.15, -0.1) is 0 Å². The van der Waals surface area contributed by atoms with Crippen LogP contribution in [0.15, 0.2) is 53.7 Å². The molecule has 0 bridgehead atoms. The van der Waals surface area contributed by atoms with Gasteiger partial charge in [0, 0.05) is 12.4 Å². The number of carbonyl (C=O) groups is 1. The van der Waals surface area contributed by atoms with E-state index in [1.165, 1.54) is 12.3 Å². The number of nitrogens with one attached hydrogen (secondary N) is 1. The van der Waals surface area contributed by atoms with Crippen molar-refractivity contribution in [2.75, 3.05) is 5.32 Å². The maximum Gasteiger partial charge on any atom is 0.257 e. The van der Waals surface area contributed by atoms with Crippen LogP contribution < -0.4 is 5.32 Å². The molecule has 1 heterocycles. The number of rotatable bonds is 4. The van der Waals surface area contributed by atoms with E-state index < -0.39 is 9.84 Å². The van der Waals surface area contributed by atoms with Crippen molar-refractivity contribution in [2.24, 2.45) is 0 Å². The molecule has 1 aliphatic carbocycles. The molecule has 5 nitrogen and oxygen atoms in total. The van der Waals surface area contributed by atoms with E-state index in [4.69, 9.17) is 0 Å². The summed E-state index contributed by atoms with van der Waals surface area (Å²) < 4.78 is 24.7. The summed E-state index contributed by atoms with van der Waals surface area (Å²) in [6, 6.07) is 9.78. The van der Waals surface area contributed by atoms with Crippen molar-refractivity contribution in [2.45, 2.75) is 23.0 Å². The molecule has 0 spiro atoms. The van der Waals surface area contributed by atoms with Crippen LogP contribution in [0.5, 0.6) is 0 Å².